The molecule has 0 unspecified atom stereocenters. The summed E-state index contributed by atoms with van der Waals surface area (Å²) >= 11 is 0. The van der Waals surface area contributed by atoms with E-state index in [-0.39, 0.29) is 36.0 Å². The summed E-state index contributed by atoms with van der Waals surface area (Å²) in [5, 5.41) is 2.45. The Hall–Kier alpha value is -3.62. The first-order valence-corrected chi connectivity index (χ1v) is 9.91. The highest BCUT2D eigenvalue weighted by molar-refractivity contribution is 6.47. The number of nitrogens with zero attached hydrogens (tertiary/aromatic N) is 4. The minimum atomic E-state index is -0.468. The number of ether oxygens (including phenoxy) is 1. The third-order valence-electron chi connectivity index (χ3n) is 5.88. The lowest BCUT2D eigenvalue weighted by Gasteiger charge is -2.17. The molecule has 0 spiro atoms. The smallest absolute Gasteiger partial charge is 0.261 e. The molecule has 0 radical (unpaired) electrons. The zero-order chi connectivity index (χ0) is 21.1. The highest BCUT2D eigenvalue weighted by atomic mass is 35.5. The number of aliphatic imine (C=N–C) groups is 1. The molecule has 3 aromatic rings. The number of imidazole rings is 1. The maximum atomic E-state index is 13.0. The quantitative estimate of drug-likeness (QED) is 0.578. The number of halogens is 2. The van der Waals surface area contributed by atoms with E-state index in [9.17, 15) is 9.59 Å². The van der Waals surface area contributed by atoms with Crippen molar-refractivity contribution in [2.24, 2.45) is 4.99 Å². The Morgan fingerprint density at radius 1 is 1.06 bits per heavy atom. The van der Waals surface area contributed by atoms with Gasteiger partial charge in [-0.15, -0.1) is 24.8 Å². The molecule has 168 valence electrons. The van der Waals surface area contributed by atoms with Gasteiger partial charge in [0.25, 0.3) is 11.8 Å². The average Bonchev–Trinajstić information content (AvgIpc) is 3.42. The molecule has 3 aliphatic rings. The maximum absolute atomic E-state index is 13.0. The molecule has 2 aromatic heterocycles. The Morgan fingerprint density at radius 2 is 1.88 bits per heavy atom. The minimum Gasteiger partial charge on any atom is -0.493 e. The average molecular weight is 484 g/mol. The number of aromatic nitrogens is 2. The van der Waals surface area contributed by atoms with Gasteiger partial charge in [0.1, 0.15) is 0 Å². The van der Waals surface area contributed by atoms with Crippen LogP contribution in [0.4, 0.5) is 5.69 Å². The summed E-state index contributed by atoms with van der Waals surface area (Å²) in [7, 11) is 1.56. The maximum Gasteiger partial charge on any atom is 0.261 e. The van der Waals surface area contributed by atoms with Crippen LogP contribution in [0.3, 0.4) is 0 Å². The van der Waals surface area contributed by atoms with E-state index in [2.05, 4.69) is 26.3 Å². The summed E-state index contributed by atoms with van der Waals surface area (Å²) in [6.07, 6.45) is 7.89. The van der Waals surface area contributed by atoms with Crippen molar-refractivity contribution in [1.82, 2.24) is 14.7 Å². The molecule has 0 saturated carbocycles. The van der Waals surface area contributed by atoms with Gasteiger partial charge in [-0.2, -0.15) is 0 Å². The molecule has 0 aliphatic carbocycles. The van der Waals surface area contributed by atoms with Crippen LogP contribution in [0.15, 0.2) is 65.7 Å². The van der Waals surface area contributed by atoms with Crippen molar-refractivity contribution in [1.29, 1.82) is 0 Å². The SMILES string of the molecule is COc1cccn2c(C3=C(C4=NC=CN5CCc6cccc4c65)C(=O)NC3=O)cnc12.Cl.Cl. The number of hydrogen-bond acceptors (Lipinski definition) is 6. The summed E-state index contributed by atoms with van der Waals surface area (Å²) < 4.78 is 7.14. The lowest BCUT2D eigenvalue weighted by atomic mass is 9.94. The minimum absolute atomic E-state index is 0. The Bertz CT molecular complexity index is 1410. The van der Waals surface area contributed by atoms with Crippen LogP contribution in [0.1, 0.15) is 16.8 Å². The molecule has 6 rings (SSSR count). The number of benzene rings is 1. The van der Waals surface area contributed by atoms with Crippen molar-refractivity contribution >= 4 is 59.2 Å². The molecular weight excluding hydrogens is 465 g/mol. The molecule has 2 amide bonds. The van der Waals surface area contributed by atoms with Crippen LogP contribution in [0.25, 0.3) is 11.2 Å². The summed E-state index contributed by atoms with van der Waals surface area (Å²) in [4.78, 5) is 37.1. The van der Waals surface area contributed by atoms with Crippen molar-refractivity contribution in [3.8, 4) is 5.75 Å². The normalized spacial score (nSPS) is 16.2. The molecule has 8 nitrogen and oxygen atoms in total. The van der Waals surface area contributed by atoms with Crippen LogP contribution in [0, 0.1) is 0 Å². The first-order valence-electron chi connectivity index (χ1n) is 9.91. The van der Waals surface area contributed by atoms with E-state index in [0.717, 1.165) is 24.2 Å². The lowest BCUT2D eigenvalue weighted by Crippen LogP contribution is -2.25. The number of carbonyl (C=O) groups excluding carboxylic acids is 2. The second-order valence-electron chi connectivity index (χ2n) is 7.48. The number of carbonyl (C=O) groups is 2. The summed E-state index contributed by atoms with van der Waals surface area (Å²) in [6, 6.07) is 9.60. The predicted octanol–water partition coefficient (Wildman–Crippen LogP) is 2.93. The topological polar surface area (TPSA) is 88.3 Å². The van der Waals surface area contributed by atoms with E-state index in [1.807, 2.05) is 18.3 Å². The summed E-state index contributed by atoms with van der Waals surface area (Å²) in [6.45, 7) is 0.857. The Kier molecular flexibility index (Phi) is 5.73. The van der Waals surface area contributed by atoms with Crippen molar-refractivity contribution in [2.75, 3.05) is 18.6 Å². The van der Waals surface area contributed by atoms with E-state index in [1.165, 1.54) is 5.56 Å². The third-order valence-corrected chi connectivity index (χ3v) is 5.88. The van der Waals surface area contributed by atoms with E-state index in [4.69, 9.17) is 4.74 Å². The molecule has 5 heterocycles. The predicted molar refractivity (Wildman–Crippen MR) is 129 cm³/mol. The van der Waals surface area contributed by atoms with Crippen molar-refractivity contribution in [3.05, 3.63) is 77.5 Å². The van der Waals surface area contributed by atoms with E-state index < -0.39 is 11.8 Å². The van der Waals surface area contributed by atoms with Crippen LogP contribution in [-0.2, 0) is 16.0 Å². The standard InChI is InChI=1S/C23H17N5O3.2ClH/c1-31-16-6-3-9-28-15(12-25-21(16)28)17-18(23(30)26-22(17)29)19-14-5-2-4-13-7-10-27(20(13)14)11-8-24-19;;/h2-6,8-9,11-12H,7,10H2,1H3,(H,26,29,30);2*1H. The molecule has 0 saturated heterocycles. The van der Waals surface area contributed by atoms with Gasteiger partial charge in [-0.3, -0.25) is 24.3 Å². The van der Waals surface area contributed by atoms with E-state index in [1.54, 1.807) is 42.2 Å². The zero-order valence-electron chi connectivity index (χ0n) is 17.4. The molecule has 33 heavy (non-hydrogen) atoms. The van der Waals surface area contributed by atoms with Gasteiger partial charge in [0, 0.05) is 30.7 Å². The fraction of sp³-hybridized carbons (Fsp3) is 0.130. The monoisotopic (exact) mass is 483 g/mol. The number of pyridine rings is 1. The van der Waals surface area contributed by atoms with Gasteiger partial charge in [0.15, 0.2) is 11.4 Å². The second-order valence-corrected chi connectivity index (χ2v) is 7.48. The van der Waals surface area contributed by atoms with Gasteiger partial charge in [-0.05, 0) is 24.1 Å². The first-order chi connectivity index (χ1) is 15.2. The number of rotatable bonds is 3. The highest BCUT2D eigenvalue weighted by Crippen LogP contribution is 2.37. The molecule has 0 fully saturated rings. The van der Waals surface area contributed by atoms with Crippen molar-refractivity contribution < 1.29 is 14.3 Å². The van der Waals surface area contributed by atoms with Crippen LogP contribution >= 0.6 is 24.8 Å². The summed E-state index contributed by atoms with van der Waals surface area (Å²) in [5.41, 5.74) is 5.12. The molecule has 1 aromatic carbocycles. The van der Waals surface area contributed by atoms with Crippen molar-refractivity contribution in [2.45, 2.75) is 6.42 Å². The second kappa shape index (κ2) is 8.38. The third kappa shape index (κ3) is 3.21. The number of anilines is 1. The number of fused-ring (bicyclic) bond motifs is 1. The number of imide groups is 1. The number of amides is 2. The lowest BCUT2D eigenvalue weighted by molar-refractivity contribution is -0.123. The first kappa shape index (κ1) is 22.6. The van der Waals surface area contributed by atoms with E-state index in [0.29, 0.717) is 22.8 Å². The van der Waals surface area contributed by atoms with Gasteiger partial charge in [0.05, 0.1) is 41.5 Å². The Balaban J connectivity index is 0.00000130. The molecule has 10 heteroatoms. The highest BCUT2D eigenvalue weighted by Gasteiger charge is 2.38. The Labute approximate surface area is 201 Å². The fourth-order valence-corrected chi connectivity index (χ4v) is 4.54. The van der Waals surface area contributed by atoms with Gasteiger partial charge in [-0.25, -0.2) is 4.98 Å². The van der Waals surface area contributed by atoms with Gasteiger partial charge >= 0.3 is 0 Å². The van der Waals surface area contributed by atoms with Gasteiger partial charge in [0.2, 0.25) is 0 Å². The number of hydrogen-bond donors (Lipinski definition) is 1. The number of nitrogens with one attached hydrogen (secondary N) is 1. The van der Waals surface area contributed by atoms with Crippen LogP contribution in [-0.4, -0.2) is 40.6 Å². The molecule has 1 N–H and O–H groups in total. The Morgan fingerprint density at radius 3 is 2.70 bits per heavy atom. The van der Waals surface area contributed by atoms with Crippen LogP contribution in [0.5, 0.6) is 5.75 Å². The largest absolute Gasteiger partial charge is 0.493 e. The molecule has 0 bridgehead atoms. The van der Waals surface area contributed by atoms with E-state index >= 15 is 0 Å². The molecule has 3 aliphatic heterocycles. The fourth-order valence-electron chi connectivity index (χ4n) is 4.54. The van der Waals surface area contributed by atoms with Crippen molar-refractivity contribution in [3.63, 3.8) is 0 Å². The molecule has 0 atom stereocenters. The molecular formula is C23H19Cl2N5O3. The zero-order valence-corrected chi connectivity index (χ0v) is 19.1. The van der Waals surface area contributed by atoms with Gasteiger partial charge in [-0.1, -0.05) is 18.2 Å². The van der Waals surface area contributed by atoms with Crippen LogP contribution in [0.2, 0.25) is 0 Å². The van der Waals surface area contributed by atoms with Gasteiger partial charge < -0.3 is 9.64 Å². The van der Waals surface area contributed by atoms with Crippen LogP contribution < -0.4 is 15.0 Å². The summed E-state index contributed by atoms with van der Waals surface area (Å²) in [5.74, 6) is -0.356. The number of methoxy groups -OCH3 is 1. The number of para-hydroxylation sites is 1.